The summed E-state index contributed by atoms with van der Waals surface area (Å²) in [4.78, 5) is 35.6. The minimum Gasteiger partial charge on any atom is -0.475 e. The van der Waals surface area contributed by atoms with E-state index < -0.39 is 29.6 Å². The lowest BCUT2D eigenvalue weighted by Crippen LogP contribution is -2.19. The number of anilines is 1. The molecule has 2 heterocycles. The smallest absolute Gasteiger partial charge is 0.377 e. The van der Waals surface area contributed by atoms with E-state index in [0.717, 1.165) is 0 Å². The monoisotopic (exact) mass is 348 g/mol. The maximum absolute atomic E-state index is 13.8. The number of hydrogen-bond donors (Lipinski definition) is 2. The molecule has 6 nitrogen and oxygen atoms in total. The van der Waals surface area contributed by atoms with E-state index in [9.17, 15) is 23.2 Å². The van der Waals surface area contributed by atoms with Crippen molar-refractivity contribution in [2.45, 2.75) is 26.1 Å². The molecule has 2 N–H and O–H groups in total. The number of carbonyl (C=O) groups is 3. The minimum absolute atomic E-state index is 0.0316. The van der Waals surface area contributed by atoms with Gasteiger partial charge in [0.15, 0.2) is 0 Å². The summed E-state index contributed by atoms with van der Waals surface area (Å²) < 4.78 is 28.1. The second kappa shape index (κ2) is 6.12. The largest absolute Gasteiger partial charge is 0.475 e. The third-order valence-electron chi connectivity index (χ3n) is 4.15. The third-order valence-corrected chi connectivity index (χ3v) is 4.15. The number of alkyl halides is 1. The Kier molecular flexibility index (Phi) is 4.12. The predicted molar refractivity (Wildman–Crippen MR) is 84.1 cm³/mol. The lowest BCUT2D eigenvalue weighted by molar-refractivity contribution is -0.131. The first-order chi connectivity index (χ1) is 11.8. The van der Waals surface area contributed by atoms with E-state index in [1.807, 2.05) is 0 Å². The molecule has 0 aliphatic carbocycles. The number of ketones is 1. The molecule has 130 valence electrons. The number of Topliss-reactive ketones (excluding diaryl/α,β-unsaturated/α-hetero) is 1. The number of nitrogens with one attached hydrogen (secondary N) is 1. The number of halogens is 2. The normalized spacial score (nSPS) is 15.7. The van der Waals surface area contributed by atoms with Crippen LogP contribution in [0.4, 0.5) is 14.5 Å². The molecule has 8 heteroatoms. The molecule has 1 aliphatic rings. The van der Waals surface area contributed by atoms with Crippen LogP contribution in [0, 0.1) is 12.7 Å². The highest BCUT2D eigenvalue weighted by atomic mass is 19.1. The van der Waals surface area contributed by atoms with Crippen LogP contribution in [0.25, 0.3) is 0 Å². The fourth-order valence-corrected chi connectivity index (χ4v) is 3.12. The molecular formula is C17H14F2N2O4. The van der Waals surface area contributed by atoms with Crippen molar-refractivity contribution in [3.8, 4) is 0 Å². The highest BCUT2D eigenvalue weighted by Crippen LogP contribution is 2.31. The van der Waals surface area contributed by atoms with E-state index in [2.05, 4.69) is 5.32 Å². The van der Waals surface area contributed by atoms with Gasteiger partial charge in [-0.1, -0.05) is 0 Å². The molecule has 1 atom stereocenters. The van der Waals surface area contributed by atoms with Gasteiger partial charge in [0.05, 0.1) is 12.1 Å². The SMILES string of the molecule is Cc1c(C(=O)C(=O)O)c2n(c1C(=O)Nc1ccc(F)cc1)C[C@H](F)C2. The molecule has 0 spiro atoms. The van der Waals surface area contributed by atoms with Crippen LogP contribution in [-0.2, 0) is 17.8 Å². The molecule has 0 bridgehead atoms. The molecule has 1 amide bonds. The standard InChI is InChI=1S/C17H14F2N2O4/c1-8-13(15(22)17(24)25)12-6-10(19)7-21(12)14(8)16(23)20-11-4-2-9(18)3-5-11/h2-5,10H,6-7H2,1H3,(H,20,23)(H,24,25)/t10-/m1/s1. The van der Waals surface area contributed by atoms with Gasteiger partial charge in [-0.05, 0) is 36.8 Å². The van der Waals surface area contributed by atoms with Gasteiger partial charge < -0.3 is 15.0 Å². The van der Waals surface area contributed by atoms with Gasteiger partial charge in [-0.25, -0.2) is 13.6 Å². The Balaban J connectivity index is 2.03. The molecule has 0 saturated carbocycles. The van der Waals surface area contributed by atoms with Crippen molar-refractivity contribution in [3.63, 3.8) is 0 Å². The number of fused-ring (bicyclic) bond motifs is 1. The maximum Gasteiger partial charge on any atom is 0.377 e. The zero-order chi connectivity index (χ0) is 18.3. The van der Waals surface area contributed by atoms with Gasteiger partial charge in [0.25, 0.3) is 11.7 Å². The van der Waals surface area contributed by atoms with Crippen LogP contribution in [0.5, 0.6) is 0 Å². The molecule has 0 saturated heterocycles. The fourth-order valence-electron chi connectivity index (χ4n) is 3.12. The van der Waals surface area contributed by atoms with Gasteiger partial charge in [-0.2, -0.15) is 0 Å². The maximum atomic E-state index is 13.8. The molecule has 1 aromatic carbocycles. The number of benzene rings is 1. The summed E-state index contributed by atoms with van der Waals surface area (Å²) in [6, 6.07) is 5.05. The average molecular weight is 348 g/mol. The highest BCUT2D eigenvalue weighted by molar-refractivity contribution is 6.41. The first kappa shape index (κ1) is 16.8. The van der Waals surface area contributed by atoms with E-state index in [0.29, 0.717) is 5.69 Å². The number of hydrogen-bond acceptors (Lipinski definition) is 3. The van der Waals surface area contributed by atoms with Crippen LogP contribution in [0.1, 0.15) is 32.1 Å². The molecule has 0 radical (unpaired) electrons. The van der Waals surface area contributed by atoms with Crippen LogP contribution in [0.3, 0.4) is 0 Å². The van der Waals surface area contributed by atoms with Crippen LogP contribution in [0.2, 0.25) is 0 Å². The Morgan fingerprint density at radius 3 is 2.48 bits per heavy atom. The van der Waals surface area contributed by atoms with Gasteiger partial charge in [0.1, 0.15) is 17.7 Å². The van der Waals surface area contributed by atoms with Crippen molar-refractivity contribution in [2.75, 3.05) is 5.32 Å². The van der Waals surface area contributed by atoms with Gasteiger partial charge in [0.2, 0.25) is 0 Å². The van der Waals surface area contributed by atoms with Crippen LogP contribution in [0.15, 0.2) is 24.3 Å². The van der Waals surface area contributed by atoms with E-state index in [1.54, 1.807) is 0 Å². The lowest BCUT2D eigenvalue weighted by atomic mass is 10.0. The average Bonchev–Trinajstić information content (AvgIpc) is 3.02. The Morgan fingerprint density at radius 2 is 1.88 bits per heavy atom. The number of rotatable bonds is 4. The Morgan fingerprint density at radius 1 is 1.24 bits per heavy atom. The zero-order valence-electron chi connectivity index (χ0n) is 13.2. The molecule has 25 heavy (non-hydrogen) atoms. The second-order valence-corrected chi connectivity index (χ2v) is 5.80. The van der Waals surface area contributed by atoms with E-state index >= 15 is 0 Å². The summed E-state index contributed by atoms with van der Waals surface area (Å²) >= 11 is 0. The summed E-state index contributed by atoms with van der Waals surface area (Å²) in [5, 5.41) is 11.5. The third kappa shape index (κ3) is 2.90. The number of aromatic nitrogens is 1. The Labute approximate surface area is 141 Å². The van der Waals surface area contributed by atoms with Crippen molar-refractivity contribution in [2.24, 2.45) is 0 Å². The van der Waals surface area contributed by atoms with Crippen molar-refractivity contribution < 1.29 is 28.3 Å². The Hall–Kier alpha value is -3.03. The minimum atomic E-state index is -1.66. The summed E-state index contributed by atoms with van der Waals surface area (Å²) in [5.74, 6) is -3.92. The molecule has 0 fully saturated rings. The first-order valence-electron chi connectivity index (χ1n) is 7.50. The fraction of sp³-hybridized carbons (Fsp3) is 0.235. The molecule has 0 unspecified atom stereocenters. The quantitative estimate of drug-likeness (QED) is 0.656. The molecule has 1 aliphatic heterocycles. The number of nitrogens with zero attached hydrogens (tertiary/aromatic N) is 1. The molecule has 1 aromatic heterocycles. The second-order valence-electron chi connectivity index (χ2n) is 5.80. The predicted octanol–water partition coefficient (Wildman–Crippen LogP) is 2.35. The molecular weight excluding hydrogens is 334 g/mol. The van der Waals surface area contributed by atoms with Gasteiger partial charge >= 0.3 is 5.97 Å². The molecule has 2 aromatic rings. The summed E-state index contributed by atoms with van der Waals surface area (Å²) in [6.45, 7) is 1.32. The van der Waals surface area contributed by atoms with Crippen molar-refractivity contribution in [1.29, 1.82) is 0 Å². The van der Waals surface area contributed by atoms with Crippen molar-refractivity contribution >= 4 is 23.3 Å². The number of carboxylic acids is 1. The molecule has 3 rings (SSSR count). The van der Waals surface area contributed by atoms with Gasteiger partial charge in [0, 0.05) is 17.8 Å². The van der Waals surface area contributed by atoms with Crippen LogP contribution in [-0.4, -0.2) is 33.5 Å². The summed E-state index contributed by atoms with van der Waals surface area (Å²) in [7, 11) is 0. The number of carbonyl (C=O) groups excluding carboxylic acids is 2. The lowest BCUT2D eigenvalue weighted by Gasteiger charge is -2.09. The van der Waals surface area contributed by atoms with E-state index in [-0.39, 0.29) is 35.5 Å². The number of carboxylic acid groups (broad SMARTS) is 1. The zero-order valence-corrected chi connectivity index (χ0v) is 13.2. The van der Waals surface area contributed by atoms with E-state index in [4.69, 9.17) is 5.11 Å². The first-order valence-corrected chi connectivity index (χ1v) is 7.50. The number of aliphatic carboxylic acids is 1. The van der Waals surface area contributed by atoms with Crippen molar-refractivity contribution in [1.82, 2.24) is 4.57 Å². The van der Waals surface area contributed by atoms with Crippen LogP contribution < -0.4 is 5.32 Å². The van der Waals surface area contributed by atoms with Gasteiger partial charge in [-0.15, -0.1) is 0 Å². The topological polar surface area (TPSA) is 88.4 Å². The van der Waals surface area contributed by atoms with Gasteiger partial charge in [-0.3, -0.25) is 9.59 Å². The van der Waals surface area contributed by atoms with Crippen LogP contribution >= 0.6 is 0 Å². The van der Waals surface area contributed by atoms with E-state index in [1.165, 1.54) is 35.8 Å². The summed E-state index contributed by atoms with van der Waals surface area (Å²) in [6.07, 6.45) is -1.42. The highest BCUT2D eigenvalue weighted by Gasteiger charge is 2.36. The van der Waals surface area contributed by atoms with Crippen molar-refractivity contribution in [3.05, 3.63) is 52.6 Å². The number of amides is 1. The Bertz CT molecular complexity index is 887. The summed E-state index contributed by atoms with van der Waals surface area (Å²) in [5.41, 5.74) is 0.610.